The van der Waals surface area contributed by atoms with E-state index in [9.17, 15) is 0 Å². The second-order valence-corrected chi connectivity index (χ2v) is 5.14. The van der Waals surface area contributed by atoms with Gasteiger partial charge in [0.2, 0.25) is 0 Å². The summed E-state index contributed by atoms with van der Waals surface area (Å²) < 4.78 is 0. The fourth-order valence-corrected chi connectivity index (χ4v) is 2.74. The molecule has 3 aromatic rings. The number of thiol groups is 1. The van der Waals surface area contributed by atoms with Gasteiger partial charge < -0.3 is 5.73 Å². The molecule has 2 N–H and O–H groups in total. The second kappa shape index (κ2) is 5.43. The number of nitrogen functional groups attached to an aromatic ring is 1. The van der Waals surface area contributed by atoms with Gasteiger partial charge in [0.15, 0.2) is 0 Å². The molecule has 0 atom stereocenters. The molecule has 1 nitrogen and oxygen atoms in total. The van der Waals surface area contributed by atoms with E-state index in [1.165, 1.54) is 5.56 Å². The van der Waals surface area contributed by atoms with E-state index in [-0.39, 0.29) is 0 Å². The summed E-state index contributed by atoms with van der Waals surface area (Å²) in [7, 11) is 0. The van der Waals surface area contributed by atoms with Crippen LogP contribution in [0.2, 0.25) is 0 Å². The molecule has 0 saturated heterocycles. The minimum atomic E-state index is 0.764. The summed E-state index contributed by atoms with van der Waals surface area (Å²) in [5.74, 6) is 0. The Kier molecular flexibility index (Phi) is 3.48. The van der Waals surface area contributed by atoms with Crippen LogP contribution in [0.4, 0.5) is 5.69 Å². The van der Waals surface area contributed by atoms with Gasteiger partial charge in [-0.3, -0.25) is 0 Å². The van der Waals surface area contributed by atoms with Crippen LogP contribution < -0.4 is 5.73 Å². The van der Waals surface area contributed by atoms with Gasteiger partial charge in [0.1, 0.15) is 0 Å². The van der Waals surface area contributed by atoms with Crippen molar-refractivity contribution in [1.82, 2.24) is 0 Å². The zero-order valence-corrected chi connectivity index (χ0v) is 11.8. The van der Waals surface area contributed by atoms with E-state index < -0.39 is 0 Å². The van der Waals surface area contributed by atoms with Crippen LogP contribution in [0.15, 0.2) is 77.7 Å². The molecule has 2 heteroatoms. The number of rotatable bonds is 2. The molecule has 98 valence electrons. The first-order valence-corrected chi connectivity index (χ1v) is 6.94. The third kappa shape index (κ3) is 2.43. The van der Waals surface area contributed by atoms with Gasteiger partial charge in [-0.05, 0) is 34.4 Å². The molecular weight excluding hydrogens is 262 g/mol. The first-order chi connectivity index (χ1) is 9.75. The summed E-state index contributed by atoms with van der Waals surface area (Å²) >= 11 is 4.73. The van der Waals surface area contributed by atoms with Crippen LogP contribution in [0, 0.1) is 0 Å². The average Bonchev–Trinajstić information content (AvgIpc) is 2.48. The highest BCUT2D eigenvalue weighted by Gasteiger charge is 2.08. The first kappa shape index (κ1) is 12.8. The maximum atomic E-state index is 5.87. The fraction of sp³-hybridized carbons (Fsp3) is 0. The number of benzene rings is 3. The summed E-state index contributed by atoms with van der Waals surface area (Å²) in [5.41, 5.74) is 11.1. The van der Waals surface area contributed by atoms with Crippen molar-refractivity contribution in [2.45, 2.75) is 4.90 Å². The van der Waals surface area contributed by atoms with E-state index in [1.807, 2.05) is 36.4 Å². The number of hydrogen-bond donors (Lipinski definition) is 2. The van der Waals surface area contributed by atoms with Crippen molar-refractivity contribution in [1.29, 1.82) is 0 Å². The maximum absolute atomic E-state index is 5.87. The summed E-state index contributed by atoms with van der Waals surface area (Å²) in [6, 6.07) is 24.4. The Hall–Kier alpha value is -2.19. The normalized spacial score (nSPS) is 10.4. The van der Waals surface area contributed by atoms with Gasteiger partial charge in [-0.25, -0.2) is 0 Å². The highest BCUT2D eigenvalue weighted by molar-refractivity contribution is 7.80. The fourth-order valence-electron chi connectivity index (χ4n) is 2.33. The molecule has 0 saturated carbocycles. The summed E-state index contributed by atoms with van der Waals surface area (Å²) in [6.45, 7) is 0. The largest absolute Gasteiger partial charge is 0.399 e. The lowest BCUT2D eigenvalue weighted by Crippen LogP contribution is -1.88. The zero-order chi connectivity index (χ0) is 13.9. The molecule has 0 amide bonds. The molecule has 0 radical (unpaired) electrons. The Bertz CT molecular complexity index is 735. The van der Waals surface area contributed by atoms with Gasteiger partial charge in [0.05, 0.1) is 0 Å². The molecule has 0 aliphatic heterocycles. The second-order valence-electron chi connectivity index (χ2n) is 4.69. The van der Waals surface area contributed by atoms with Crippen molar-refractivity contribution in [3.05, 3.63) is 72.8 Å². The van der Waals surface area contributed by atoms with Crippen LogP contribution >= 0.6 is 12.6 Å². The predicted octanol–water partition coefficient (Wildman–Crippen LogP) is 4.89. The number of hydrogen-bond acceptors (Lipinski definition) is 2. The molecule has 0 unspecified atom stereocenters. The lowest BCUT2D eigenvalue weighted by molar-refractivity contribution is 1.44. The molecular formula is C18H15NS. The number of anilines is 1. The molecule has 0 aliphatic carbocycles. The molecule has 0 heterocycles. The Morgan fingerprint density at radius 2 is 1.25 bits per heavy atom. The quantitative estimate of drug-likeness (QED) is 0.506. The van der Waals surface area contributed by atoms with Gasteiger partial charge in [-0.1, -0.05) is 60.7 Å². The van der Waals surface area contributed by atoms with E-state index in [4.69, 9.17) is 18.4 Å². The third-order valence-electron chi connectivity index (χ3n) is 3.32. The average molecular weight is 277 g/mol. The molecule has 0 aromatic heterocycles. The Morgan fingerprint density at radius 1 is 0.650 bits per heavy atom. The van der Waals surface area contributed by atoms with Crippen LogP contribution in [0.3, 0.4) is 0 Å². The van der Waals surface area contributed by atoms with Crippen molar-refractivity contribution in [2.24, 2.45) is 0 Å². The Balaban J connectivity index is 2.15. The molecule has 0 fully saturated rings. The summed E-state index contributed by atoms with van der Waals surface area (Å²) in [6.07, 6.45) is 0. The summed E-state index contributed by atoms with van der Waals surface area (Å²) in [4.78, 5) is 0.976. The summed E-state index contributed by atoms with van der Waals surface area (Å²) in [5, 5.41) is 0. The highest BCUT2D eigenvalue weighted by Crippen LogP contribution is 2.35. The van der Waals surface area contributed by atoms with Crippen LogP contribution in [0.5, 0.6) is 0 Å². The minimum Gasteiger partial charge on any atom is -0.399 e. The maximum Gasteiger partial charge on any atom is 0.0320 e. The topological polar surface area (TPSA) is 26.0 Å². The predicted molar refractivity (Wildman–Crippen MR) is 89.0 cm³/mol. The third-order valence-corrected chi connectivity index (χ3v) is 3.80. The van der Waals surface area contributed by atoms with E-state index in [1.54, 1.807) is 0 Å². The van der Waals surface area contributed by atoms with Crippen molar-refractivity contribution in [3.63, 3.8) is 0 Å². The molecule has 0 aliphatic rings. The van der Waals surface area contributed by atoms with Crippen molar-refractivity contribution in [3.8, 4) is 22.3 Å². The number of nitrogens with two attached hydrogens (primary N) is 1. The van der Waals surface area contributed by atoms with Gasteiger partial charge in [-0.15, -0.1) is 12.6 Å². The smallest absolute Gasteiger partial charge is 0.0320 e. The van der Waals surface area contributed by atoms with Crippen molar-refractivity contribution >= 4 is 18.3 Å². The van der Waals surface area contributed by atoms with E-state index in [2.05, 4.69) is 36.4 Å². The van der Waals surface area contributed by atoms with Gasteiger partial charge >= 0.3 is 0 Å². The standard InChI is InChI=1S/C18H15NS/c19-15-9-4-8-14(12-15)17-11-5-10-16(18(17)20)13-6-2-1-3-7-13/h1-12,20H,19H2. The lowest BCUT2D eigenvalue weighted by Gasteiger charge is -2.11. The molecule has 3 rings (SSSR count). The molecule has 0 spiro atoms. The monoisotopic (exact) mass is 277 g/mol. The Labute approximate surface area is 124 Å². The highest BCUT2D eigenvalue weighted by atomic mass is 32.1. The van der Waals surface area contributed by atoms with Crippen LogP contribution in [-0.2, 0) is 0 Å². The van der Waals surface area contributed by atoms with Gasteiger partial charge in [0.25, 0.3) is 0 Å². The van der Waals surface area contributed by atoms with Gasteiger partial charge in [-0.2, -0.15) is 0 Å². The van der Waals surface area contributed by atoms with Crippen LogP contribution in [0.1, 0.15) is 0 Å². The first-order valence-electron chi connectivity index (χ1n) is 6.49. The van der Waals surface area contributed by atoms with E-state index >= 15 is 0 Å². The van der Waals surface area contributed by atoms with Gasteiger partial charge in [0, 0.05) is 10.6 Å². The lowest BCUT2D eigenvalue weighted by atomic mass is 9.98. The zero-order valence-electron chi connectivity index (χ0n) is 11.0. The minimum absolute atomic E-state index is 0.764. The van der Waals surface area contributed by atoms with E-state index in [0.29, 0.717) is 0 Å². The van der Waals surface area contributed by atoms with Crippen LogP contribution in [0.25, 0.3) is 22.3 Å². The van der Waals surface area contributed by atoms with Crippen molar-refractivity contribution < 1.29 is 0 Å². The SMILES string of the molecule is Nc1cccc(-c2cccc(-c3ccccc3)c2S)c1. The molecule has 20 heavy (non-hydrogen) atoms. The van der Waals surface area contributed by atoms with E-state index in [0.717, 1.165) is 27.3 Å². The van der Waals surface area contributed by atoms with Crippen LogP contribution in [-0.4, -0.2) is 0 Å². The molecule has 3 aromatic carbocycles. The van der Waals surface area contributed by atoms with Crippen molar-refractivity contribution in [2.75, 3.05) is 5.73 Å². The Morgan fingerprint density at radius 3 is 1.95 bits per heavy atom. The molecule has 0 bridgehead atoms.